The van der Waals surface area contributed by atoms with Crippen molar-refractivity contribution >= 4 is 17.7 Å². The molecule has 23 heavy (non-hydrogen) atoms. The van der Waals surface area contributed by atoms with E-state index < -0.39 is 11.9 Å². The molecule has 0 radical (unpaired) electrons. The van der Waals surface area contributed by atoms with Crippen LogP contribution < -0.4 is 5.32 Å². The van der Waals surface area contributed by atoms with Gasteiger partial charge in [0.05, 0.1) is 5.92 Å². The van der Waals surface area contributed by atoms with Crippen LogP contribution in [0.2, 0.25) is 0 Å². The Morgan fingerprint density at radius 2 is 2.22 bits per heavy atom. The van der Waals surface area contributed by atoms with Crippen LogP contribution >= 0.6 is 0 Å². The molecule has 2 aromatic rings. The Bertz CT molecular complexity index is 740. The van der Waals surface area contributed by atoms with E-state index in [0.717, 1.165) is 11.4 Å². The Hall–Kier alpha value is -2.83. The second-order valence-corrected chi connectivity index (χ2v) is 5.64. The number of carbonyl (C=O) groups excluding carboxylic acids is 1. The maximum atomic E-state index is 12.2. The van der Waals surface area contributed by atoms with Crippen molar-refractivity contribution < 1.29 is 14.7 Å². The second kappa shape index (κ2) is 6.12. The zero-order valence-electron chi connectivity index (χ0n) is 12.8. The van der Waals surface area contributed by atoms with Gasteiger partial charge in [0.1, 0.15) is 5.82 Å². The van der Waals surface area contributed by atoms with Crippen LogP contribution in [0.25, 0.3) is 11.4 Å². The van der Waals surface area contributed by atoms with E-state index in [0.29, 0.717) is 18.7 Å². The zero-order valence-corrected chi connectivity index (χ0v) is 12.8. The molecule has 120 valence electrons. The third kappa shape index (κ3) is 3.18. The van der Waals surface area contributed by atoms with Gasteiger partial charge < -0.3 is 19.9 Å². The number of likely N-dealkylation sites (tertiary alicyclic amines) is 1. The average Bonchev–Trinajstić information content (AvgIpc) is 3.16. The fourth-order valence-electron chi connectivity index (χ4n) is 2.73. The Balaban J connectivity index is 1.70. The quantitative estimate of drug-likeness (QED) is 0.907. The molecule has 7 nitrogen and oxygen atoms in total. The van der Waals surface area contributed by atoms with Crippen LogP contribution in [-0.4, -0.2) is 44.6 Å². The highest BCUT2D eigenvalue weighted by molar-refractivity contribution is 5.90. The number of anilines is 1. The molecule has 0 spiro atoms. The summed E-state index contributed by atoms with van der Waals surface area (Å²) in [5, 5.41) is 11.8. The van der Waals surface area contributed by atoms with Gasteiger partial charge in [-0.15, -0.1) is 0 Å². The van der Waals surface area contributed by atoms with Crippen molar-refractivity contribution in [1.82, 2.24) is 14.5 Å². The highest BCUT2D eigenvalue weighted by atomic mass is 16.4. The molecule has 2 N–H and O–H groups in total. The summed E-state index contributed by atoms with van der Waals surface area (Å²) in [6.45, 7) is 0.710. The molecule has 2 amide bonds. The fraction of sp³-hybridized carbons (Fsp3) is 0.312. The molecule has 0 saturated carbocycles. The molecule has 1 aromatic heterocycles. The SMILES string of the molecule is Cn1ccnc1-c1cccc(NC(=O)N2CCC(C(=O)O)C2)c1. The molecule has 1 aliphatic rings. The van der Waals surface area contributed by atoms with Crippen molar-refractivity contribution in [2.24, 2.45) is 13.0 Å². The number of aromatic nitrogens is 2. The van der Waals surface area contributed by atoms with Crippen molar-refractivity contribution in [3.8, 4) is 11.4 Å². The lowest BCUT2D eigenvalue weighted by Gasteiger charge is -2.17. The van der Waals surface area contributed by atoms with E-state index >= 15 is 0 Å². The summed E-state index contributed by atoms with van der Waals surface area (Å²) in [6, 6.07) is 7.16. The topological polar surface area (TPSA) is 87.5 Å². The number of carboxylic acid groups (broad SMARTS) is 1. The number of benzene rings is 1. The third-order valence-corrected chi connectivity index (χ3v) is 4.02. The van der Waals surface area contributed by atoms with Crippen molar-refractivity contribution in [1.29, 1.82) is 0 Å². The minimum Gasteiger partial charge on any atom is -0.481 e. The fourth-order valence-corrected chi connectivity index (χ4v) is 2.73. The van der Waals surface area contributed by atoms with Gasteiger partial charge in [0.15, 0.2) is 0 Å². The molecule has 1 unspecified atom stereocenters. The zero-order chi connectivity index (χ0) is 16.4. The number of nitrogens with one attached hydrogen (secondary N) is 1. The van der Waals surface area contributed by atoms with E-state index in [4.69, 9.17) is 5.11 Å². The van der Waals surface area contributed by atoms with Crippen LogP contribution in [-0.2, 0) is 11.8 Å². The molecule has 0 bridgehead atoms. The summed E-state index contributed by atoms with van der Waals surface area (Å²) in [6.07, 6.45) is 4.07. The van der Waals surface area contributed by atoms with Gasteiger partial charge in [0.2, 0.25) is 0 Å². The number of rotatable bonds is 3. The van der Waals surface area contributed by atoms with Crippen LogP contribution in [0, 0.1) is 5.92 Å². The van der Waals surface area contributed by atoms with Gasteiger partial charge in [-0.3, -0.25) is 4.79 Å². The molecule has 1 aliphatic heterocycles. The number of hydrogen-bond acceptors (Lipinski definition) is 3. The average molecular weight is 314 g/mol. The summed E-state index contributed by atoms with van der Waals surface area (Å²) >= 11 is 0. The molecule has 0 aliphatic carbocycles. The predicted molar refractivity (Wildman–Crippen MR) is 85.0 cm³/mol. The lowest BCUT2D eigenvalue weighted by atomic mass is 10.1. The molecule has 7 heteroatoms. The van der Waals surface area contributed by atoms with Crippen molar-refractivity contribution in [2.45, 2.75) is 6.42 Å². The highest BCUT2D eigenvalue weighted by Crippen LogP contribution is 2.22. The summed E-state index contributed by atoms with van der Waals surface area (Å²) in [5.41, 5.74) is 1.56. The van der Waals surface area contributed by atoms with Gasteiger partial charge in [-0.25, -0.2) is 9.78 Å². The minimum atomic E-state index is -0.850. The number of aliphatic carboxylic acids is 1. The summed E-state index contributed by atoms with van der Waals surface area (Å²) in [7, 11) is 1.91. The Morgan fingerprint density at radius 3 is 2.87 bits per heavy atom. The van der Waals surface area contributed by atoms with E-state index in [9.17, 15) is 9.59 Å². The van der Waals surface area contributed by atoms with Gasteiger partial charge in [-0.2, -0.15) is 0 Å². The first kappa shape index (κ1) is 15.1. The van der Waals surface area contributed by atoms with E-state index in [1.807, 2.05) is 36.0 Å². The van der Waals surface area contributed by atoms with Gasteiger partial charge in [0, 0.05) is 43.8 Å². The number of imidazole rings is 1. The maximum absolute atomic E-state index is 12.2. The molecular formula is C16H18N4O3. The van der Waals surface area contributed by atoms with E-state index in [1.54, 1.807) is 12.3 Å². The number of aryl methyl sites for hydroxylation is 1. The molecule has 1 aromatic carbocycles. The van der Waals surface area contributed by atoms with Gasteiger partial charge >= 0.3 is 12.0 Å². The van der Waals surface area contributed by atoms with Gasteiger partial charge in [0.25, 0.3) is 0 Å². The van der Waals surface area contributed by atoms with Crippen LogP contribution in [0.15, 0.2) is 36.7 Å². The van der Waals surface area contributed by atoms with E-state index in [-0.39, 0.29) is 12.6 Å². The first-order chi connectivity index (χ1) is 11.0. The van der Waals surface area contributed by atoms with Crippen molar-refractivity contribution in [3.63, 3.8) is 0 Å². The Morgan fingerprint density at radius 1 is 1.39 bits per heavy atom. The second-order valence-electron chi connectivity index (χ2n) is 5.64. The number of nitrogens with zero attached hydrogens (tertiary/aromatic N) is 3. The molecular weight excluding hydrogens is 296 g/mol. The largest absolute Gasteiger partial charge is 0.481 e. The standard InChI is InChI=1S/C16H18N4O3/c1-19-8-6-17-14(19)11-3-2-4-13(9-11)18-16(23)20-7-5-12(10-20)15(21)22/h2-4,6,8-9,12H,5,7,10H2,1H3,(H,18,23)(H,21,22). The van der Waals surface area contributed by atoms with Gasteiger partial charge in [-0.1, -0.05) is 12.1 Å². The number of hydrogen-bond donors (Lipinski definition) is 2. The Kier molecular flexibility index (Phi) is 4.01. The van der Waals surface area contributed by atoms with Crippen LogP contribution in [0.5, 0.6) is 0 Å². The first-order valence-electron chi connectivity index (χ1n) is 7.41. The maximum Gasteiger partial charge on any atom is 0.321 e. The highest BCUT2D eigenvalue weighted by Gasteiger charge is 2.30. The van der Waals surface area contributed by atoms with Crippen LogP contribution in [0.3, 0.4) is 0 Å². The number of carbonyl (C=O) groups is 2. The van der Waals surface area contributed by atoms with Gasteiger partial charge in [-0.05, 0) is 18.6 Å². The minimum absolute atomic E-state index is 0.250. The smallest absolute Gasteiger partial charge is 0.321 e. The summed E-state index contributed by atoms with van der Waals surface area (Å²) in [5.74, 6) is -0.509. The molecule has 2 heterocycles. The first-order valence-corrected chi connectivity index (χ1v) is 7.41. The number of amides is 2. The monoisotopic (exact) mass is 314 g/mol. The Labute approximate surface area is 133 Å². The molecule has 1 fully saturated rings. The lowest BCUT2D eigenvalue weighted by molar-refractivity contribution is -0.141. The lowest BCUT2D eigenvalue weighted by Crippen LogP contribution is -2.33. The molecule has 1 atom stereocenters. The molecule has 1 saturated heterocycles. The van der Waals surface area contributed by atoms with Crippen molar-refractivity contribution in [2.75, 3.05) is 18.4 Å². The summed E-state index contributed by atoms with van der Waals surface area (Å²) in [4.78, 5) is 29.0. The number of carboxylic acids is 1. The predicted octanol–water partition coefficient (Wildman–Crippen LogP) is 2.03. The normalized spacial score (nSPS) is 17.3. The third-order valence-electron chi connectivity index (χ3n) is 4.02. The summed E-state index contributed by atoms with van der Waals surface area (Å²) < 4.78 is 1.90. The van der Waals surface area contributed by atoms with Crippen LogP contribution in [0.1, 0.15) is 6.42 Å². The molecule has 3 rings (SSSR count). The van der Waals surface area contributed by atoms with Crippen molar-refractivity contribution in [3.05, 3.63) is 36.7 Å². The van der Waals surface area contributed by atoms with Crippen LogP contribution in [0.4, 0.5) is 10.5 Å². The van der Waals surface area contributed by atoms with E-state index in [1.165, 1.54) is 4.90 Å². The number of urea groups is 1. The van der Waals surface area contributed by atoms with E-state index in [2.05, 4.69) is 10.3 Å².